The lowest BCUT2D eigenvalue weighted by molar-refractivity contribution is -0.218. The van der Waals surface area contributed by atoms with Crippen LogP contribution in [0.4, 0.5) is 0 Å². The van der Waals surface area contributed by atoms with Gasteiger partial charge < -0.3 is 29.9 Å². The van der Waals surface area contributed by atoms with E-state index in [0.717, 1.165) is 0 Å². The summed E-state index contributed by atoms with van der Waals surface area (Å²) in [7, 11) is 0. The number of rotatable bonds is 5. The Morgan fingerprint density at radius 2 is 1.75 bits per heavy atom. The number of allylic oxidation sites excluding steroid dienone is 2. The fourth-order valence-corrected chi connectivity index (χ4v) is 7.54. The Labute approximate surface area is 211 Å². The molecule has 8 heteroatoms. The lowest BCUT2D eigenvalue weighted by atomic mass is 9.38. The van der Waals surface area contributed by atoms with E-state index in [4.69, 9.17) is 9.47 Å². The highest BCUT2D eigenvalue weighted by molar-refractivity contribution is 6.03. The van der Waals surface area contributed by atoms with Crippen LogP contribution in [0.25, 0.3) is 0 Å². The molecule has 36 heavy (non-hydrogen) atoms. The van der Waals surface area contributed by atoms with Crippen molar-refractivity contribution in [2.24, 2.45) is 23.2 Å². The van der Waals surface area contributed by atoms with E-state index >= 15 is 0 Å². The average molecular weight is 501 g/mol. The fourth-order valence-electron chi connectivity index (χ4n) is 7.54. The molecule has 1 saturated carbocycles. The first-order valence-electron chi connectivity index (χ1n) is 12.6. The molecule has 0 aromatic carbocycles. The van der Waals surface area contributed by atoms with Gasteiger partial charge in [-0.25, -0.2) is 0 Å². The topological polar surface area (TPSA) is 134 Å². The summed E-state index contributed by atoms with van der Waals surface area (Å²) in [5.74, 6) is -3.61. The van der Waals surface area contributed by atoms with Gasteiger partial charge in [-0.3, -0.25) is 9.59 Å². The third-order valence-corrected chi connectivity index (χ3v) is 9.30. The van der Waals surface area contributed by atoms with Gasteiger partial charge >= 0.3 is 0 Å². The maximum Gasteiger partial charge on any atom is 0.191 e. The first kappa shape index (κ1) is 25.4. The highest BCUT2D eigenvalue weighted by Crippen LogP contribution is 2.73. The van der Waals surface area contributed by atoms with E-state index in [1.807, 2.05) is 0 Å². The van der Waals surface area contributed by atoms with Crippen LogP contribution in [0.5, 0.6) is 0 Å². The van der Waals surface area contributed by atoms with Crippen molar-refractivity contribution in [1.82, 2.24) is 0 Å². The van der Waals surface area contributed by atoms with Gasteiger partial charge in [-0.2, -0.15) is 0 Å². The SMILES string of the molecule is C=CC[C@]1(O)C(=O)C2C3=C(C[C@@H](O)C(C)(C)O3)C1C1C23C[C@@H](C(C)(C)O)OC3=CC(=O)[C@@]1(O)CC=C. The normalized spacial score (nSPS) is 44.7. The van der Waals surface area contributed by atoms with Gasteiger partial charge in [0.05, 0.1) is 23.0 Å². The standard InChI is InChI=1S/C28H36O8/c1-7-9-27(33)16(30)12-17-26(13-18(35-17)24(3,4)32)20-21-14(11-15(29)25(5,6)36-21)19(22(26)27)28(34,10-8-2)23(20)31/h7-8,12,15,18-20,22,29,32-34H,1-2,9-11,13H2,3-6H3/t15-,18+,19?,20?,22?,26?,27+,28-/m1/s1. The van der Waals surface area contributed by atoms with Crippen molar-refractivity contribution in [2.75, 3.05) is 0 Å². The van der Waals surface area contributed by atoms with E-state index in [1.165, 1.54) is 18.2 Å². The summed E-state index contributed by atoms with van der Waals surface area (Å²) in [4.78, 5) is 27.7. The summed E-state index contributed by atoms with van der Waals surface area (Å²) < 4.78 is 12.5. The zero-order chi connectivity index (χ0) is 26.6. The lowest BCUT2D eigenvalue weighted by Gasteiger charge is -2.66. The van der Waals surface area contributed by atoms with Crippen molar-refractivity contribution in [3.05, 3.63) is 48.5 Å². The van der Waals surface area contributed by atoms with E-state index in [1.54, 1.807) is 27.7 Å². The van der Waals surface area contributed by atoms with Crippen LogP contribution in [0.1, 0.15) is 53.4 Å². The van der Waals surface area contributed by atoms with Crippen LogP contribution in [0.3, 0.4) is 0 Å². The summed E-state index contributed by atoms with van der Waals surface area (Å²) >= 11 is 0. The quantitative estimate of drug-likeness (QED) is 0.421. The van der Waals surface area contributed by atoms with Crippen molar-refractivity contribution in [3.63, 3.8) is 0 Å². The van der Waals surface area contributed by atoms with Gasteiger partial charge in [0.15, 0.2) is 11.6 Å². The molecule has 4 N–H and O–H groups in total. The Bertz CT molecular complexity index is 1120. The Kier molecular flexibility index (Phi) is 5.22. The molecule has 1 saturated heterocycles. The molecule has 8 nitrogen and oxygen atoms in total. The molecule has 2 bridgehead atoms. The predicted molar refractivity (Wildman–Crippen MR) is 129 cm³/mol. The molecule has 196 valence electrons. The van der Waals surface area contributed by atoms with Crippen molar-refractivity contribution in [1.29, 1.82) is 0 Å². The Morgan fingerprint density at radius 3 is 2.33 bits per heavy atom. The van der Waals surface area contributed by atoms with Crippen LogP contribution in [0.15, 0.2) is 48.5 Å². The molecule has 2 fully saturated rings. The molecule has 4 aliphatic carbocycles. The number of fused-ring (bicyclic) bond motifs is 1. The molecule has 2 aliphatic heterocycles. The highest BCUT2D eigenvalue weighted by atomic mass is 16.5. The van der Waals surface area contributed by atoms with Crippen LogP contribution in [-0.2, 0) is 19.1 Å². The monoisotopic (exact) mass is 500 g/mol. The number of carbonyl (C=O) groups excluding carboxylic acids is 2. The summed E-state index contributed by atoms with van der Waals surface area (Å²) in [6.45, 7) is 14.1. The number of ether oxygens (including phenoxy) is 2. The first-order chi connectivity index (χ1) is 16.6. The average Bonchev–Trinajstić information content (AvgIpc) is 3.12. The van der Waals surface area contributed by atoms with E-state index < -0.39 is 69.3 Å². The van der Waals surface area contributed by atoms with E-state index in [-0.39, 0.29) is 31.4 Å². The van der Waals surface area contributed by atoms with Crippen molar-refractivity contribution < 1.29 is 39.5 Å². The maximum atomic E-state index is 14.2. The minimum atomic E-state index is -1.99. The fraction of sp³-hybridized carbons (Fsp3) is 0.643. The number of hydrogen-bond donors (Lipinski definition) is 4. The van der Waals surface area contributed by atoms with Crippen LogP contribution in [0, 0.1) is 23.2 Å². The minimum Gasteiger partial charge on any atom is -0.491 e. The summed E-state index contributed by atoms with van der Waals surface area (Å²) in [6.07, 6.45) is 2.52. The molecule has 1 spiro atoms. The number of aliphatic hydroxyl groups is 4. The molecular weight excluding hydrogens is 464 g/mol. The van der Waals surface area contributed by atoms with Crippen molar-refractivity contribution in [3.8, 4) is 0 Å². The molecule has 4 unspecified atom stereocenters. The van der Waals surface area contributed by atoms with Crippen molar-refractivity contribution in [2.45, 2.75) is 88.0 Å². The number of aliphatic hydroxyl groups excluding tert-OH is 1. The third-order valence-electron chi connectivity index (χ3n) is 9.30. The third kappa shape index (κ3) is 2.90. The van der Waals surface area contributed by atoms with Gasteiger partial charge in [-0.15, -0.1) is 13.2 Å². The smallest absolute Gasteiger partial charge is 0.191 e. The van der Waals surface area contributed by atoms with E-state index in [0.29, 0.717) is 11.3 Å². The summed E-state index contributed by atoms with van der Waals surface area (Å²) in [5.41, 5.74) is -6.96. The Morgan fingerprint density at radius 1 is 1.14 bits per heavy atom. The molecule has 2 heterocycles. The van der Waals surface area contributed by atoms with Crippen LogP contribution < -0.4 is 0 Å². The Balaban J connectivity index is 1.85. The van der Waals surface area contributed by atoms with Gasteiger partial charge in [0.25, 0.3) is 0 Å². The number of ketones is 2. The molecule has 8 atom stereocenters. The predicted octanol–water partition coefficient (Wildman–Crippen LogP) is 1.87. The molecule has 0 amide bonds. The van der Waals surface area contributed by atoms with Crippen LogP contribution in [-0.4, -0.2) is 66.6 Å². The second kappa shape index (κ2) is 7.40. The number of Topliss-reactive ketones (excluding diaryl/α,β-unsaturated/α-hetero) is 1. The molecule has 0 radical (unpaired) electrons. The summed E-state index contributed by atoms with van der Waals surface area (Å²) in [6, 6.07) is 0. The highest BCUT2D eigenvalue weighted by Gasteiger charge is 2.80. The molecule has 6 aliphatic rings. The Hall–Kier alpha value is -2.26. The first-order valence-corrected chi connectivity index (χ1v) is 12.6. The second-order valence-corrected chi connectivity index (χ2v) is 12.3. The largest absolute Gasteiger partial charge is 0.491 e. The van der Waals surface area contributed by atoms with E-state index in [2.05, 4.69) is 13.2 Å². The van der Waals surface area contributed by atoms with Crippen molar-refractivity contribution >= 4 is 11.6 Å². The van der Waals surface area contributed by atoms with Gasteiger partial charge in [0.2, 0.25) is 0 Å². The number of hydrogen-bond acceptors (Lipinski definition) is 8. The number of carbonyl (C=O) groups is 2. The maximum absolute atomic E-state index is 14.2. The zero-order valence-electron chi connectivity index (χ0n) is 21.3. The van der Waals surface area contributed by atoms with Gasteiger partial charge in [-0.1, -0.05) is 12.2 Å². The molecular formula is C28H36O8. The van der Waals surface area contributed by atoms with E-state index in [9.17, 15) is 30.0 Å². The van der Waals surface area contributed by atoms with Crippen LogP contribution >= 0.6 is 0 Å². The van der Waals surface area contributed by atoms with Gasteiger partial charge in [0.1, 0.15) is 34.4 Å². The molecule has 6 rings (SSSR count). The second-order valence-electron chi connectivity index (χ2n) is 12.3. The van der Waals surface area contributed by atoms with Crippen LogP contribution in [0.2, 0.25) is 0 Å². The zero-order valence-corrected chi connectivity index (χ0v) is 21.3. The lowest BCUT2D eigenvalue weighted by Crippen LogP contribution is -2.75. The minimum absolute atomic E-state index is 0.0942. The summed E-state index contributed by atoms with van der Waals surface area (Å²) in [5, 5.41) is 45.9. The molecule has 0 aromatic heterocycles. The van der Waals surface area contributed by atoms with Gasteiger partial charge in [-0.05, 0) is 33.3 Å². The van der Waals surface area contributed by atoms with Gasteiger partial charge in [0, 0.05) is 43.6 Å². The molecule has 0 aromatic rings.